The molecule has 0 saturated heterocycles. The summed E-state index contributed by atoms with van der Waals surface area (Å²) < 4.78 is 5.66. The van der Waals surface area contributed by atoms with Crippen molar-refractivity contribution < 1.29 is 9.53 Å². The third-order valence-corrected chi connectivity index (χ3v) is 4.23. The van der Waals surface area contributed by atoms with Crippen molar-refractivity contribution in [1.82, 2.24) is 9.97 Å². The molecule has 0 atom stereocenters. The first-order chi connectivity index (χ1) is 13.1. The zero-order chi connectivity index (χ0) is 18.8. The summed E-state index contributed by atoms with van der Waals surface area (Å²) in [7, 11) is 0. The first-order valence-corrected chi connectivity index (χ1v) is 8.70. The molecule has 27 heavy (non-hydrogen) atoms. The number of aryl methyl sites for hydroxylation is 2. The van der Waals surface area contributed by atoms with Crippen molar-refractivity contribution in [3.05, 3.63) is 100 Å². The number of hydrogen-bond acceptors (Lipinski definition) is 3. The molecule has 1 aliphatic heterocycles. The number of rotatable bonds is 4. The van der Waals surface area contributed by atoms with E-state index in [1.54, 1.807) is 18.2 Å². The van der Waals surface area contributed by atoms with Crippen molar-refractivity contribution in [3.63, 3.8) is 0 Å². The summed E-state index contributed by atoms with van der Waals surface area (Å²) in [5.41, 5.74) is 5.70. The summed E-state index contributed by atoms with van der Waals surface area (Å²) in [6, 6.07) is 16.8. The molecule has 2 aromatic heterocycles. The van der Waals surface area contributed by atoms with E-state index >= 15 is 0 Å². The normalized spacial score (nSPS) is 15.0. The number of aromatic nitrogens is 2. The fourth-order valence-corrected chi connectivity index (χ4v) is 2.88. The maximum atomic E-state index is 12.5. The average molecular weight is 357 g/mol. The molecular weight excluding hydrogens is 338 g/mol. The van der Waals surface area contributed by atoms with Crippen LogP contribution >= 0.6 is 0 Å². The van der Waals surface area contributed by atoms with Gasteiger partial charge in [-0.2, -0.15) is 0 Å². The van der Waals surface area contributed by atoms with Crippen molar-refractivity contribution >= 4 is 17.8 Å². The predicted molar refractivity (Wildman–Crippen MR) is 106 cm³/mol. The second-order valence-corrected chi connectivity index (χ2v) is 6.44. The molecule has 0 spiro atoms. The highest BCUT2D eigenvalue weighted by Gasteiger charge is 2.21. The molecule has 0 radical (unpaired) electrons. The molecule has 0 fully saturated rings. The minimum Gasteiger partial charge on any atom is -0.421 e. The molecule has 0 bridgehead atoms. The number of aromatic amines is 2. The van der Waals surface area contributed by atoms with Gasteiger partial charge in [0.2, 0.25) is 0 Å². The quantitative estimate of drug-likeness (QED) is 0.673. The van der Waals surface area contributed by atoms with E-state index in [2.05, 4.69) is 15.0 Å². The van der Waals surface area contributed by atoms with E-state index in [0.29, 0.717) is 17.0 Å². The van der Waals surface area contributed by atoms with Crippen LogP contribution in [-0.4, -0.2) is 21.6 Å². The summed E-state index contributed by atoms with van der Waals surface area (Å²) in [4.78, 5) is 23.7. The monoisotopic (exact) mass is 357 g/mol. The molecule has 134 valence electrons. The van der Waals surface area contributed by atoms with Gasteiger partial charge in [-0.15, -0.1) is 0 Å². The lowest BCUT2D eigenvalue weighted by atomic mass is 10.2. The Morgan fingerprint density at radius 2 is 1.70 bits per heavy atom. The lowest BCUT2D eigenvalue weighted by molar-refractivity contribution is 0.0634. The first kappa shape index (κ1) is 16.8. The average Bonchev–Trinajstić information content (AvgIpc) is 3.37. The Labute approximate surface area is 157 Å². The zero-order valence-corrected chi connectivity index (χ0v) is 15.1. The van der Waals surface area contributed by atoms with E-state index in [9.17, 15) is 4.79 Å². The zero-order valence-electron chi connectivity index (χ0n) is 15.1. The molecule has 3 aromatic rings. The maximum Gasteiger partial charge on any atom is 0.343 e. The van der Waals surface area contributed by atoms with Gasteiger partial charge < -0.3 is 14.7 Å². The van der Waals surface area contributed by atoms with Gasteiger partial charge >= 0.3 is 5.97 Å². The van der Waals surface area contributed by atoms with Gasteiger partial charge in [-0.3, -0.25) is 0 Å². The van der Waals surface area contributed by atoms with Crippen LogP contribution in [0.3, 0.4) is 0 Å². The standard InChI is InChI=1S/C22H19N3O2/c1-14-8-10-17(23-14)12-20-21(27-22(26)16-6-4-3-5-7-16)13-19(25-20)18-11-9-15(2)24-18/h3-13,23-24H,1-2H3/b20-12-. The van der Waals surface area contributed by atoms with E-state index in [4.69, 9.17) is 4.74 Å². The SMILES string of the molecule is Cc1ccc(/C=C2\N=C(c3ccc(C)[nH]3)C=C2OC(=O)c2ccccc2)[nH]1. The number of benzene rings is 1. The number of carbonyl (C=O) groups excluding carboxylic acids is 1. The number of ether oxygens (including phenoxy) is 1. The van der Waals surface area contributed by atoms with Crippen molar-refractivity contribution in [2.75, 3.05) is 0 Å². The minimum absolute atomic E-state index is 0.408. The third kappa shape index (κ3) is 3.67. The largest absolute Gasteiger partial charge is 0.421 e. The Balaban J connectivity index is 1.68. The molecule has 3 heterocycles. The van der Waals surface area contributed by atoms with Gasteiger partial charge in [0.25, 0.3) is 0 Å². The van der Waals surface area contributed by atoms with E-state index < -0.39 is 5.97 Å². The topological polar surface area (TPSA) is 70.2 Å². The molecule has 5 nitrogen and oxygen atoms in total. The van der Waals surface area contributed by atoms with Gasteiger partial charge in [0, 0.05) is 23.2 Å². The van der Waals surface area contributed by atoms with Crippen molar-refractivity contribution in [2.24, 2.45) is 4.99 Å². The molecule has 1 aliphatic rings. The van der Waals surface area contributed by atoms with Gasteiger partial charge in [0.1, 0.15) is 5.70 Å². The van der Waals surface area contributed by atoms with E-state index in [1.165, 1.54) is 0 Å². The lowest BCUT2D eigenvalue weighted by Gasteiger charge is -2.05. The number of allylic oxidation sites excluding steroid dienone is 1. The Kier molecular flexibility index (Phi) is 4.34. The Morgan fingerprint density at radius 1 is 0.963 bits per heavy atom. The summed E-state index contributed by atoms with van der Waals surface area (Å²) in [6.07, 6.45) is 3.66. The van der Waals surface area contributed by atoms with E-state index in [0.717, 1.165) is 28.5 Å². The minimum atomic E-state index is -0.408. The smallest absolute Gasteiger partial charge is 0.343 e. The molecule has 1 aromatic carbocycles. The van der Waals surface area contributed by atoms with Crippen LogP contribution in [0.5, 0.6) is 0 Å². The van der Waals surface area contributed by atoms with Gasteiger partial charge in [-0.1, -0.05) is 18.2 Å². The van der Waals surface area contributed by atoms with Crippen molar-refractivity contribution in [3.8, 4) is 0 Å². The number of nitrogens with zero attached hydrogens (tertiary/aromatic N) is 1. The van der Waals surface area contributed by atoms with E-state index in [1.807, 2.05) is 62.4 Å². The maximum absolute atomic E-state index is 12.5. The van der Waals surface area contributed by atoms with Crippen LogP contribution in [0.1, 0.15) is 33.1 Å². The van der Waals surface area contributed by atoms with Gasteiger partial charge in [-0.05, 0) is 56.3 Å². The molecular formula is C22H19N3O2. The molecule has 0 unspecified atom stereocenters. The van der Waals surface area contributed by atoms with Crippen molar-refractivity contribution in [2.45, 2.75) is 13.8 Å². The molecule has 0 aliphatic carbocycles. The Morgan fingerprint density at radius 3 is 2.37 bits per heavy atom. The first-order valence-electron chi connectivity index (χ1n) is 8.70. The fourth-order valence-electron chi connectivity index (χ4n) is 2.88. The number of carbonyl (C=O) groups is 1. The lowest BCUT2D eigenvalue weighted by Crippen LogP contribution is -2.05. The van der Waals surface area contributed by atoms with E-state index in [-0.39, 0.29) is 0 Å². The second-order valence-electron chi connectivity index (χ2n) is 6.44. The summed E-state index contributed by atoms with van der Waals surface area (Å²) >= 11 is 0. The Hall–Kier alpha value is -3.60. The number of esters is 1. The highest BCUT2D eigenvalue weighted by atomic mass is 16.5. The third-order valence-electron chi connectivity index (χ3n) is 4.23. The van der Waals surface area contributed by atoms with Crippen LogP contribution in [0.2, 0.25) is 0 Å². The number of aliphatic imine (C=N–C) groups is 1. The molecule has 0 saturated carbocycles. The summed E-state index contributed by atoms with van der Waals surface area (Å²) in [6.45, 7) is 3.97. The van der Waals surface area contributed by atoms with Crippen molar-refractivity contribution in [1.29, 1.82) is 0 Å². The fraction of sp³-hybridized carbons (Fsp3) is 0.0909. The number of hydrogen-bond donors (Lipinski definition) is 2. The molecule has 5 heteroatoms. The van der Waals surface area contributed by atoms with Crippen LogP contribution in [0.15, 0.2) is 77.1 Å². The highest BCUT2D eigenvalue weighted by Crippen LogP contribution is 2.26. The van der Waals surface area contributed by atoms with Crippen LogP contribution < -0.4 is 0 Å². The summed E-state index contributed by atoms with van der Waals surface area (Å²) in [5, 5.41) is 0. The molecule has 4 rings (SSSR count). The van der Waals surface area contributed by atoms with Gasteiger partial charge in [-0.25, -0.2) is 9.79 Å². The van der Waals surface area contributed by atoms with Gasteiger partial charge in [0.05, 0.1) is 17.0 Å². The second kappa shape index (κ2) is 6.96. The van der Waals surface area contributed by atoms with Gasteiger partial charge in [0.15, 0.2) is 5.76 Å². The highest BCUT2D eigenvalue weighted by molar-refractivity contribution is 6.11. The molecule has 0 amide bonds. The number of nitrogens with one attached hydrogen (secondary N) is 2. The Bertz CT molecular complexity index is 1080. The van der Waals surface area contributed by atoms with Crippen LogP contribution in [0.25, 0.3) is 6.08 Å². The van der Waals surface area contributed by atoms with Crippen LogP contribution in [0.4, 0.5) is 0 Å². The van der Waals surface area contributed by atoms with Crippen LogP contribution in [0, 0.1) is 13.8 Å². The summed E-state index contributed by atoms with van der Waals surface area (Å²) in [5.74, 6) is 0.0212. The number of H-pyrrole nitrogens is 2. The predicted octanol–water partition coefficient (Wildman–Crippen LogP) is 4.54. The molecule has 2 N–H and O–H groups in total. The van der Waals surface area contributed by atoms with Crippen LogP contribution in [-0.2, 0) is 4.74 Å².